The molecule has 4 heteroatoms. The van der Waals surface area contributed by atoms with Crippen LogP contribution < -0.4 is 5.73 Å². The van der Waals surface area contributed by atoms with Gasteiger partial charge < -0.3 is 10.6 Å². The molecule has 0 unspecified atom stereocenters. The minimum atomic E-state index is -0.337. The van der Waals surface area contributed by atoms with Gasteiger partial charge in [0.1, 0.15) is 0 Å². The normalized spacial score (nSPS) is 17.0. The van der Waals surface area contributed by atoms with E-state index in [1.165, 1.54) is 10.5 Å². The minimum Gasteiger partial charge on any atom is -0.342 e. The lowest BCUT2D eigenvalue weighted by molar-refractivity contribution is -0.140. The molecule has 1 aromatic carbocycles. The number of likely N-dealkylation sites (tertiary alicyclic amines) is 1. The van der Waals surface area contributed by atoms with E-state index in [9.17, 15) is 4.79 Å². The first-order valence-corrected chi connectivity index (χ1v) is 8.61. The van der Waals surface area contributed by atoms with Gasteiger partial charge in [0.25, 0.3) is 0 Å². The van der Waals surface area contributed by atoms with Crippen molar-refractivity contribution in [3.63, 3.8) is 0 Å². The zero-order valence-corrected chi connectivity index (χ0v) is 14.1. The number of piperidine rings is 1. The molecule has 1 fully saturated rings. The maximum atomic E-state index is 12.7. The predicted octanol–water partition coefficient (Wildman–Crippen LogP) is 3.06. The fourth-order valence-corrected chi connectivity index (χ4v) is 3.66. The third kappa shape index (κ3) is 4.48. The number of hydrogen-bond acceptors (Lipinski definition) is 3. The molecule has 0 aliphatic carbocycles. The molecule has 1 aliphatic heterocycles. The highest BCUT2D eigenvalue weighted by Crippen LogP contribution is 2.30. The van der Waals surface area contributed by atoms with Gasteiger partial charge in [0.05, 0.1) is 5.41 Å². The monoisotopic (exact) mass is 306 g/mol. The number of rotatable bonds is 4. The van der Waals surface area contributed by atoms with Crippen LogP contribution in [0.2, 0.25) is 0 Å². The maximum absolute atomic E-state index is 12.7. The summed E-state index contributed by atoms with van der Waals surface area (Å²) in [6.07, 6.45) is 1.85. The Balaban J connectivity index is 1.92. The second kappa shape index (κ2) is 6.84. The highest BCUT2D eigenvalue weighted by atomic mass is 32.2. The van der Waals surface area contributed by atoms with E-state index in [0.29, 0.717) is 0 Å². The van der Waals surface area contributed by atoms with Gasteiger partial charge in [0.15, 0.2) is 0 Å². The lowest BCUT2D eigenvalue weighted by Crippen LogP contribution is -2.48. The first-order chi connectivity index (χ1) is 9.88. The lowest BCUT2D eigenvalue weighted by atomic mass is 9.92. The molecule has 3 nitrogen and oxygen atoms in total. The van der Waals surface area contributed by atoms with Crippen LogP contribution in [0.5, 0.6) is 0 Å². The van der Waals surface area contributed by atoms with Gasteiger partial charge in [-0.25, -0.2) is 0 Å². The average molecular weight is 306 g/mol. The highest BCUT2D eigenvalue weighted by molar-refractivity contribution is 7.99. The van der Waals surface area contributed by atoms with E-state index < -0.39 is 0 Å². The molecule has 0 spiro atoms. The Morgan fingerprint density at radius 3 is 2.67 bits per heavy atom. The number of aryl methyl sites for hydroxylation is 1. The van der Waals surface area contributed by atoms with Gasteiger partial charge >= 0.3 is 0 Å². The van der Waals surface area contributed by atoms with Crippen LogP contribution in [0.4, 0.5) is 0 Å². The summed E-state index contributed by atoms with van der Waals surface area (Å²) in [6, 6.07) is 8.71. The predicted molar refractivity (Wildman–Crippen MR) is 89.5 cm³/mol. The number of nitrogens with zero attached hydrogens (tertiary/aromatic N) is 1. The first-order valence-electron chi connectivity index (χ1n) is 7.63. The number of nitrogens with two attached hydrogens (primary N) is 1. The van der Waals surface area contributed by atoms with Gasteiger partial charge in [-0.05, 0) is 31.9 Å². The summed E-state index contributed by atoms with van der Waals surface area (Å²) in [5.74, 6) is 1.06. The minimum absolute atomic E-state index is 0.259. The van der Waals surface area contributed by atoms with Crippen LogP contribution >= 0.6 is 11.8 Å². The Kier molecular flexibility index (Phi) is 5.33. The van der Waals surface area contributed by atoms with E-state index in [1.807, 2.05) is 18.7 Å². The van der Waals surface area contributed by atoms with Gasteiger partial charge in [-0.2, -0.15) is 0 Å². The van der Waals surface area contributed by atoms with Crippen molar-refractivity contribution >= 4 is 17.7 Å². The summed E-state index contributed by atoms with van der Waals surface area (Å²) in [7, 11) is 0. The van der Waals surface area contributed by atoms with Crippen LogP contribution in [0.1, 0.15) is 32.3 Å². The molecule has 1 saturated heterocycles. The third-order valence-corrected chi connectivity index (χ3v) is 5.45. The van der Waals surface area contributed by atoms with E-state index in [-0.39, 0.29) is 17.4 Å². The summed E-state index contributed by atoms with van der Waals surface area (Å²) >= 11 is 1.76. The first kappa shape index (κ1) is 16.4. The molecule has 1 heterocycles. The van der Waals surface area contributed by atoms with Gasteiger partial charge in [0.2, 0.25) is 5.91 Å². The summed E-state index contributed by atoms with van der Waals surface area (Å²) < 4.78 is 0. The Hall–Kier alpha value is -1.00. The van der Waals surface area contributed by atoms with Crippen molar-refractivity contribution in [2.24, 2.45) is 11.1 Å². The second-order valence-corrected chi connectivity index (χ2v) is 7.67. The molecule has 0 aromatic heterocycles. The SMILES string of the molecule is Cc1cccc(SCC(C)(C)C(=O)N2CCC(N)CC2)c1. The molecular formula is C17H26N2OS. The Morgan fingerprint density at radius 2 is 2.05 bits per heavy atom. The fourth-order valence-electron chi connectivity index (χ4n) is 2.56. The number of carbonyl (C=O) groups excluding carboxylic acids is 1. The van der Waals surface area contributed by atoms with E-state index >= 15 is 0 Å². The molecule has 116 valence electrons. The molecule has 1 aromatic rings. The van der Waals surface area contributed by atoms with Crippen molar-refractivity contribution in [1.82, 2.24) is 4.90 Å². The van der Waals surface area contributed by atoms with E-state index in [4.69, 9.17) is 5.73 Å². The van der Waals surface area contributed by atoms with Gasteiger partial charge in [-0.15, -0.1) is 11.8 Å². The van der Waals surface area contributed by atoms with Gasteiger partial charge in [-0.3, -0.25) is 4.79 Å². The summed E-state index contributed by atoms with van der Waals surface area (Å²) in [5, 5.41) is 0. The van der Waals surface area contributed by atoms with Crippen LogP contribution in [0.25, 0.3) is 0 Å². The van der Waals surface area contributed by atoms with E-state index in [2.05, 4.69) is 31.2 Å². The molecule has 21 heavy (non-hydrogen) atoms. The molecular weight excluding hydrogens is 280 g/mol. The van der Waals surface area contributed by atoms with Crippen molar-refractivity contribution in [1.29, 1.82) is 0 Å². The highest BCUT2D eigenvalue weighted by Gasteiger charge is 2.33. The van der Waals surface area contributed by atoms with E-state index in [0.717, 1.165) is 31.7 Å². The van der Waals surface area contributed by atoms with Crippen LogP contribution in [0, 0.1) is 12.3 Å². The number of carbonyl (C=O) groups is 1. The summed E-state index contributed by atoms with van der Waals surface area (Å²) in [6.45, 7) is 7.80. The fraction of sp³-hybridized carbons (Fsp3) is 0.588. The Labute approximate surface area is 132 Å². The quantitative estimate of drug-likeness (QED) is 0.870. The zero-order chi connectivity index (χ0) is 15.5. The molecule has 2 rings (SSSR count). The number of amides is 1. The van der Waals surface area contributed by atoms with Crippen molar-refractivity contribution < 1.29 is 4.79 Å². The molecule has 0 radical (unpaired) electrons. The third-order valence-electron chi connectivity index (χ3n) is 4.00. The molecule has 0 bridgehead atoms. The maximum Gasteiger partial charge on any atom is 0.229 e. The largest absolute Gasteiger partial charge is 0.342 e. The van der Waals surface area contributed by atoms with Crippen LogP contribution in [0.3, 0.4) is 0 Å². The Morgan fingerprint density at radius 1 is 1.38 bits per heavy atom. The van der Waals surface area contributed by atoms with E-state index in [1.54, 1.807) is 11.8 Å². The summed E-state index contributed by atoms with van der Waals surface area (Å²) in [5.41, 5.74) is 6.83. The smallest absolute Gasteiger partial charge is 0.229 e. The summed E-state index contributed by atoms with van der Waals surface area (Å²) in [4.78, 5) is 15.9. The molecule has 1 aliphatic rings. The van der Waals surface area contributed by atoms with Crippen molar-refractivity contribution in [2.45, 2.75) is 44.6 Å². The standard InChI is InChI=1S/C17H26N2OS/c1-13-5-4-6-15(11-13)21-12-17(2,3)16(20)19-9-7-14(18)8-10-19/h4-6,11,14H,7-10,12,18H2,1-3H3. The number of hydrogen-bond donors (Lipinski definition) is 1. The zero-order valence-electron chi connectivity index (χ0n) is 13.3. The second-order valence-electron chi connectivity index (χ2n) is 6.62. The molecule has 0 saturated carbocycles. The van der Waals surface area contributed by atoms with Crippen LogP contribution in [0.15, 0.2) is 29.2 Å². The lowest BCUT2D eigenvalue weighted by Gasteiger charge is -2.36. The number of benzene rings is 1. The molecule has 0 atom stereocenters. The van der Waals surface area contributed by atoms with Crippen LogP contribution in [-0.2, 0) is 4.79 Å². The van der Waals surface area contributed by atoms with Gasteiger partial charge in [0, 0.05) is 29.8 Å². The van der Waals surface area contributed by atoms with Crippen LogP contribution in [-0.4, -0.2) is 35.7 Å². The number of thioether (sulfide) groups is 1. The molecule has 1 amide bonds. The van der Waals surface area contributed by atoms with Gasteiger partial charge in [-0.1, -0.05) is 31.5 Å². The van der Waals surface area contributed by atoms with Crippen molar-refractivity contribution in [2.75, 3.05) is 18.8 Å². The molecule has 2 N–H and O–H groups in total. The van der Waals surface area contributed by atoms with Crippen molar-refractivity contribution in [3.8, 4) is 0 Å². The Bertz CT molecular complexity index is 493. The topological polar surface area (TPSA) is 46.3 Å². The average Bonchev–Trinajstić information content (AvgIpc) is 2.45. The van der Waals surface area contributed by atoms with Crippen molar-refractivity contribution in [3.05, 3.63) is 29.8 Å².